The van der Waals surface area contributed by atoms with Crippen molar-refractivity contribution in [2.45, 2.75) is 337 Å². The van der Waals surface area contributed by atoms with E-state index in [0.29, 0.717) is 72.2 Å². The molecule has 2 unspecified atom stereocenters. The number of ether oxygens (including phenoxy) is 12. The van der Waals surface area contributed by atoms with Crippen molar-refractivity contribution >= 4 is 77.6 Å². The van der Waals surface area contributed by atoms with Gasteiger partial charge in [0.25, 0.3) is 0 Å². The molecule has 0 heterocycles. The first-order chi connectivity index (χ1) is 60.9. The van der Waals surface area contributed by atoms with E-state index in [2.05, 4.69) is 128 Å². The van der Waals surface area contributed by atoms with Gasteiger partial charge < -0.3 is 72.2 Å². The van der Waals surface area contributed by atoms with Crippen molar-refractivity contribution in [1.82, 2.24) is 0 Å². The van der Waals surface area contributed by atoms with Gasteiger partial charge in [-0.3, -0.25) is 38.4 Å². The molecule has 0 saturated carbocycles. The molecule has 0 aliphatic carbocycles. The summed E-state index contributed by atoms with van der Waals surface area (Å²) in [5.74, 6) is -4.28. The first-order valence-corrected chi connectivity index (χ1v) is 45.9. The van der Waals surface area contributed by atoms with Gasteiger partial charge in [-0.2, -0.15) is 0 Å². The number of aliphatic hydroxyl groups excluding tert-OH is 2. The molecule has 2 aromatic carbocycles. The number of carbonyl (C=O) groups is 13. The quantitative estimate of drug-likeness (QED) is 0.0240. The Hall–Kier alpha value is -9.83. The molecule has 133 heavy (non-hydrogen) atoms. The lowest BCUT2D eigenvalue weighted by molar-refractivity contribution is -0.159. The summed E-state index contributed by atoms with van der Waals surface area (Å²) < 4.78 is 58.6. The second kappa shape index (κ2) is 72.6. The van der Waals surface area contributed by atoms with Gasteiger partial charge in [0.1, 0.15) is 78.8 Å². The first kappa shape index (κ1) is 139. The monoisotopic (exact) mass is 1890 g/mol. The summed E-state index contributed by atoms with van der Waals surface area (Å²) >= 11 is 0. The molecule has 0 amide bonds. The van der Waals surface area contributed by atoms with Crippen LogP contribution in [0.25, 0.3) is 0 Å². The van der Waals surface area contributed by atoms with Crippen LogP contribution in [-0.2, 0) is 125 Å². The van der Waals surface area contributed by atoms with Crippen LogP contribution in [-0.4, -0.2) is 184 Å². The molecule has 0 aromatic heterocycles. The van der Waals surface area contributed by atoms with E-state index in [9.17, 15) is 67.4 Å². The molecule has 2 atom stereocenters. The van der Waals surface area contributed by atoms with Crippen molar-refractivity contribution < 1.29 is 134 Å². The minimum absolute atomic E-state index is 0.00618. The number of benzene rings is 2. The van der Waals surface area contributed by atoms with Crippen LogP contribution in [0.3, 0.4) is 0 Å². The van der Waals surface area contributed by atoms with Crippen molar-refractivity contribution in [3.8, 4) is 0 Å². The molecule has 2 rings (SSSR count). The van der Waals surface area contributed by atoms with Gasteiger partial charge in [-0.05, 0) is 246 Å². The lowest BCUT2D eigenvalue weighted by atomic mass is 9.82. The third kappa shape index (κ3) is 69.6. The van der Waals surface area contributed by atoms with E-state index < -0.39 is 79.8 Å². The van der Waals surface area contributed by atoms with Crippen LogP contribution in [0, 0.1) is 43.3 Å². The predicted molar refractivity (Wildman–Crippen MR) is 524 cm³/mol. The number of carbonyl (C=O) groups excluding carboxylic acids is 12. The highest BCUT2D eigenvalue weighted by Gasteiger charge is 2.33. The minimum Gasteiger partial charge on any atom is -0.481 e. The zero-order chi connectivity index (χ0) is 106. The van der Waals surface area contributed by atoms with Crippen LogP contribution in [0.15, 0.2) is 121 Å². The van der Waals surface area contributed by atoms with Crippen molar-refractivity contribution in [1.29, 1.82) is 0 Å². The van der Waals surface area contributed by atoms with Gasteiger partial charge in [-0.1, -0.05) is 184 Å². The third-order valence-corrected chi connectivity index (χ3v) is 21.4. The van der Waals surface area contributed by atoms with E-state index in [1.807, 2.05) is 152 Å². The van der Waals surface area contributed by atoms with Gasteiger partial charge in [-0.25, -0.2) is 24.0 Å². The van der Waals surface area contributed by atoms with Gasteiger partial charge in [0.2, 0.25) is 0 Å². The highest BCUT2D eigenvalue weighted by molar-refractivity contribution is 5.89. The summed E-state index contributed by atoms with van der Waals surface area (Å²) in [5, 5.41) is 26.3. The van der Waals surface area contributed by atoms with Crippen LogP contribution < -0.4 is 0 Å². The van der Waals surface area contributed by atoms with Gasteiger partial charge in [-0.15, -0.1) is 0 Å². The fourth-order valence-electron chi connectivity index (χ4n) is 7.04. The number of esters is 12. The van der Waals surface area contributed by atoms with Crippen LogP contribution >= 0.6 is 0 Å². The maximum Gasteiger partial charge on any atom is 0.333 e. The van der Waals surface area contributed by atoms with Crippen molar-refractivity contribution in [3.63, 3.8) is 0 Å². The van der Waals surface area contributed by atoms with E-state index in [0.717, 1.165) is 12.8 Å². The number of carboxylic acids is 1. The topological polar surface area (TPSA) is 393 Å². The average molecular weight is 1890 g/mol. The Morgan fingerprint density at radius 2 is 0.519 bits per heavy atom. The summed E-state index contributed by atoms with van der Waals surface area (Å²) in [4.78, 5) is 145. The minimum atomic E-state index is -1.02. The molecule has 0 radical (unpaired) electrons. The Morgan fingerprint density at radius 3 is 0.729 bits per heavy atom. The van der Waals surface area contributed by atoms with E-state index in [4.69, 9.17) is 67.1 Å². The number of aliphatic hydroxyl groups is 2. The molecular formula is C105H178O28. The van der Waals surface area contributed by atoms with Crippen LogP contribution in [0.4, 0.5) is 0 Å². The highest BCUT2D eigenvalue weighted by Crippen LogP contribution is 2.29. The number of carboxylic acid groups (broad SMARTS) is 1. The number of hydrogen-bond acceptors (Lipinski definition) is 27. The lowest BCUT2D eigenvalue weighted by Gasteiger charge is -2.22. The number of rotatable bonds is 44. The van der Waals surface area contributed by atoms with Crippen LogP contribution in [0.2, 0.25) is 0 Å². The highest BCUT2D eigenvalue weighted by atomic mass is 16.6. The fraction of sp³-hybridized carbons (Fsp3) is 0.667. The van der Waals surface area contributed by atoms with E-state index in [1.54, 1.807) is 55.4 Å². The summed E-state index contributed by atoms with van der Waals surface area (Å²) in [7, 11) is 0. The Labute approximate surface area is 800 Å². The predicted octanol–water partition coefficient (Wildman–Crippen LogP) is 21.2. The average Bonchev–Trinajstić information content (AvgIpc) is 0.872. The van der Waals surface area contributed by atoms with Crippen molar-refractivity contribution in [2.75, 3.05) is 79.3 Å². The van der Waals surface area contributed by atoms with Crippen LogP contribution in [0.1, 0.15) is 331 Å². The zero-order valence-electron chi connectivity index (χ0n) is 88.6. The Balaban J connectivity index is -0.000000219. The molecule has 0 aliphatic rings. The summed E-state index contributed by atoms with van der Waals surface area (Å²) in [6.07, 6.45) is 7.10. The second-order valence-electron chi connectivity index (χ2n) is 37.7. The molecule has 28 heteroatoms. The zero-order valence-corrected chi connectivity index (χ0v) is 88.6. The van der Waals surface area contributed by atoms with Gasteiger partial charge in [0, 0.05) is 27.9 Å². The molecular weight excluding hydrogens is 1710 g/mol. The normalized spacial score (nSPS) is 11.4. The standard InChI is InChI=1S/C13H22O5.4C12H20O4.C11H16.C10H14.C9H18O2.C8H16O3.C6H12O2/c1-6-13(4,5)12(16)18-8-10(14)7-17-11(15)9(2)3;4*1-6-12(4,5)11(14)16-8-7-15-10(13)9(2)3;1-4-11(2,3)10-8-6-5-7-9-10;1-3-9(2)10-7-5-4-6-8-10;1-6-9(4,5)8(10)11-7(2)3;1-4-8(2,3)7(10)11-6-5-9;1-4-6(2,3)5(7)8/h10,14H,2,6-8H2,1,3-5H3;4*2,6-8H2,1,3-5H3;5-9H,4H2,1-3H3;4-9H,3H2,1-2H3;7H,6H2,1-5H3;9H,4-6H2,1-3H3;4H2,1-3H3,(H,7,8). The first-order valence-electron chi connectivity index (χ1n) is 45.9. The van der Waals surface area contributed by atoms with E-state index in [-0.39, 0.29) is 138 Å². The van der Waals surface area contributed by atoms with Gasteiger partial charge in [0.05, 0.1) is 56.0 Å². The largest absolute Gasteiger partial charge is 0.481 e. The molecule has 0 bridgehead atoms. The Bertz CT molecular complexity index is 3540. The molecule has 0 spiro atoms. The van der Waals surface area contributed by atoms with Crippen molar-refractivity contribution in [2.24, 2.45) is 43.3 Å². The van der Waals surface area contributed by atoms with Crippen LogP contribution in [0.5, 0.6) is 0 Å². The van der Waals surface area contributed by atoms with Gasteiger partial charge in [0.15, 0.2) is 0 Å². The summed E-state index contributed by atoms with van der Waals surface area (Å²) in [6, 6.07) is 21.3. The Kier molecular flexibility index (Phi) is 75.7. The number of aliphatic carboxylic acids is 1. The smallest absolute Gasteiger partial charge is 0.333 e. The van der Waals surface area contributed by atoms with Gasteiger partial charge >= 0.3 is 77.6 Å². The van der Waals surface area contributed by atoms with E-state index >= 15 is 0 Å². The molecule has 0 fully saturated rings. The summed E-state index contributed by atoms with van der Waals surface area (Å²) in [6.45, 7) is 84.4. The number of hydrogen-bond donors (Lipinski definition) is 3. The molecule has 0 saturated heterocycles. The van der Waals surface area contributed by atoms with E-state index in [1.165, 1.54) is 30.9 Å². The Morgan fingerprint density at radius 1 is 0.301 bits per heavy atom. The molecule has 3 N–H and O–H groups in total. The fourth-order valence-corrected chi connectivity index (χ4v) is 7.04. The maximum absolute atomic E-state index is 11.6. The maximum atomic E-state index is 11.6. The second-order valence-corrected chi connectivity index (χ2v) is 37.7. The molecule has 0 aliphatic heterocycles. The van der Waals surface area contributed by atoms with Crippen molar-refractivity contribution in [3.05, 3.63) is 133 Å². The molecule has 28 nitrogen and oxygen atoms in total. The SMILES string of the molecule is C=C(C)C(=O)OCC(O)COC(=O)C(C)(C)CC.C=C(C)C(=O)OCCOC(=O)C(C)(C)CC.C=C(C)C(=O)OCCOC(=O)C(C)(C)CC.C=C(C)C(=O)OCCOC(=O)C(C)(C)CC.C=C(C)C(=O)OCCOC(=O)C(C)(C)CC.CCC(C)(C)C(=O)O.CCC(C)(C)C(=O)OC(C)C.CCC(C)(C)C(=O)OCCO.CCC(C)(C)c1ccccc1.CCC(C)c1ccccc1. The molecule has 766 valence electrons. The third-order valence-electron chi connectivity index (χ3n) is 21.4. The molecule has 2 aromatic rings. The summed E-state index contributed by atoms with van der Waals surface area (Å²) in [5.41, 5.74) is 0.988. The lowest BCUT2D eigenvalue weighted by Crippen LogP contribution is -2.31.